The summed E-state index contributed by atoms with van der Waals surface area (Å²) < 4.78 is 0. The van der Waals surface area contributed by atoms with Gasteiger partial charge in [-0.3, -0.25) is 0 Å². The molecule has 0 bridgehead atoms. The average Bonchev–Trinajstić information content (AvgIpc) is 2.69. The number of phenolic OH excluding ortho intramolecular Hbond substituents is 1. The van der Waals surface area contributed by atoms with Crippen LogP contribution in [0.3, 0.4) is 0 Å². The van der Waals surface area contributed by atoms with Crippen molar-refractivity contribution in [1.82, 2.24) is 9.97 Å². The summed E-state index contributed by atoms with van der Waals surface area (Å²) in [5.41, 5.74) is 3.30. The second-order valence-electron chi connectivity index (χ2n) is 6.23. The lowest BCUT2D eigenvalue weighted by atomic mass is 9.96. The van der Waals surface area contributed by atoms with E-state index < -0.39 is 0 Å². The van der Waals surface area contributed by atoms with E-state index >= 15 is 0 Å². The third kappa shape index (κ3) is 3.09. The number of fused-ring (bicyclic) bond motifs is 1. The van der Waals surface area contributed by atoms with E-state index in [1.54, 1.807) is 6.20 Å². The Morgan fingerprint density at radius 3 is 2.42 bits per heavy atom. The number of aromatic hydroxyl groups is 1. The molecule has 0 fully saturated rings. The number of phenols is 1. The highest BCUT2D eigenvalue weighted by Crippen LogP contribution is 2.36. The molecule has 0 aliphatic rings. The summed E-state index contributed by atoms with van der Waals surface area (Å²) >= 11 is 0. The predicted octanol–water partition coefficient (Wildman–Crippen LogP) is 4.85. The van der Waals surface area contributed by atoms with Gasteiger partial charge in [0.2, 0.25) is 0 Å². The molecule has 4 aromatic rings. The summed E-state index contributed by atoms with van der Waals surface area (Å²) in [6.07, 6.45) is 1.75. The third-order valence-corrected chi connectivity index (χ3v) is 4.41. The minimum absolute atomic E-state index is 0.198. The second kappa shape index (κ2) is 6.84. The largest absolute Gasteiger partial charge is 0.505 e. The molecule has 4 rings (SSSR count). The Balaban J connectivity index is 1.86. The van der Waals surface area contributed by atoms with Gasteiger partial charge in [-0.15, -0.1) is 0 Å². The summed E-state index contributed by atoms with van der Waals surface area (Å²) in [5, 5.41) is 15.3. The number of nitrogens with zero attached hydrogens (tertiary/aromatic N) is 2. The van der Waals surface area contributed by atoms with E-state index in [1.807, 2.05) is 79.7 Å². The maximum absolute atomic E-state index is 11.0. The monoisotopic (exact) mass is 341 g/mol. The van der Waals surface area contributed by atoms with Crippen molar-refractivity contribution in [2.24, 2.45) is 0 Å². The van der Waals surface area contributed by atoms with Gasteiger partial charge in [-0.25, -0.2) is 9.97 Å². The number of aryl methyl sites for hydroxylation is 1. The molecule has 2 N–H and O–H groups in total. The number of anilines is 1. The first-order chi connectivity index (χ1) is 12.7. The molecule has 0 unspecified atom stereocenters. The minimum Gasteiger partial charge on any atom is -0.505 e. The molecule has 26 heavy (non-hydrogen) atoms. The first-order valence-electron chi connectivity index (χ1n) is 8.54. The standard InChI is InChI=1S/C22H19N3O/c1-15-10-11-17-12-13-18(22(26)21(17)24-15)20(16-7-3-2-4-8-16)25-19-9-5-6-14-23-19/h2-14,20,26H,1H3,(H,23,25)/t20-/m0/s1. The van der Waals surface area contributed by atoms with Crippen LogP contribution in [0.4, 0.5) is 5.82 Å². The van der Waals surface area contributed by atoms with Gasteiger partial charge in [0.1, 0.15) is 17.1 Å². The average molecular weight is 341 g/mol. The lowest BCUT2D eigenvalue weighted by molar-refractivity contribution is 0.471. The zero-order chi connectivity index (χ0) is 17.9. The van der Waals surface area contributed by atoms with Crippen molar-refractivity contribution in [1.29, 1.82) is 0 Å². The van der Waals surface area contributed by atoms with Crippen LogP contribution in [0.1, 0.15) is 22.9 Å². The molecule has 4 heteroatoms. The quantitative estimate of drug-likeness (QED) is 0.557. The van der Waals surface area contributed by atoms with Gasteiger partial charge in [0.25, 0.3) is 0 Å². The van der Waals surface area contributed by atoms with Crippen molar-refractivity contribution in [2.45, 2.75) is 13.0 Å². The lowest BCUT2D eigenvalue weighted by Gasteiger charge is -2.22. The van der Waals surface area contributed by atoms with Gasteiger partial charge in [-0.2, -0.15) is 0 Å². The van der Waals surface area contributed by atoms with Crippen LogP contribution in [0.5, 0.6) is 5.75 Å². The number of aromatic nitrogens is 2. The highest BCUT2D eigenvalue weighted by Gasteiger charge is 2.20. The maximum Gasteiger partial charge on any atom is 0.147 e. The van der Waals surface area contributed by atoms with Crippen LogP contribution in [0, 0.1) is 6.92 Å². The van der Waals surface area contributed by atoms with Gasteiger partial charge in [0, 0.05) is 22.8 Å². The van der Waals surface area contributed by atoms with Gasteiger partial charge in [0.05, 0.1) is 6.04 Å². The smallest absolute Gasteiger partial charge is 0.147 e. The molecule has 0 aliphatic heterocycles. The van der Waals surface area contributed by atoms with Crippen LogP contribution in [0.25, 0.3) is 10.9 Å². The molecule has 0 aliphatic carbocycles. The fraction of sp³-hybridized carbons (Fsp3) is 0.0909. The molecule has 2 aromatic heterocycles. The summed E-state index contributed by atoms with van der Waals surface area (Å²) in [7, 11) is 0. The van der Waals surface area contributed by atoms with Gasteiger partial charge in [-0.1, -0.05) is 54.6 Å². The molecule has 2 aromatic carbocycles. The Bertz CT molecular complexity index is 1030. The molecule has 0 amide bonds. The van der Waals surface area contributed by atoms with E-state index in [0.717, 1.165) is 28.0 Å². The van der Waals surface area contributed by atoms with Crippen LogP contribution < -0.4 is 5.32 Å². The molecule has 2 heterocycles. The zero-order valence-corrected chi connectivity index (χ0v) is 14.4. The van der Waals surface area contributed by atoms with E-state index in [9.17, 15) is 5.11 Å². The van der Waals surface area contributed by atoms with Crippen molar-refractivity contribution in [3.8, 4) is 5.75 Å². The molecule has 0 saturated heterocycles. The molecule has 1 atom stereocenters. The summed E-state index contributed by atoms with van der Waals surface area (Å²) in [6, 6.07) is 23.4. The van der Waals surface area contributed by atoms with E-state index in [2.05, 4.69) is 15.3 Å². The van der Waals surface area contributed by atoms with Crippen LogP contribution in [-0.4, -0.2) is 15.1 Å². The molecule has 4 nitrogen and oxygen atoms in total. The van der Waals surface area contributed by atoms with Crippen molar-refractivity contribution in [3.05, 3.63) is 95.8 Å². The van der Waals surface area contributed by atoms with E-state index in [0.29, 0.717) is 5.52 Å². The first kappa shape index (κ1) is 16.1. The number of hydrogen-bond acceptors (Lipinski definition) is 4. The number of hydrogen-bond donors (Lipinski definition) is 2. The molecule has 0 saturated carbocycles. The van der Waals surface area contributed by atoms with Crippen molar-refractivity contribution in [3.63, 3.8) is 0 Å². The summed E-state index contributed by atoms with van der Waals surface area (Å²) in [5.74, 6) is 0.946. The van der Waals surface area contributed by atoms with Gasteiger partial charge in [0.15, 0.2) is 0 Å². The molecule has 0 spiro atoms. The third-order valence-electron chi connectivity index (χ3n) is 4.41. The van der Waals surface area contributed by atoms with Crippen LogP contribution >= 0.6 is 0 Å². The zero-order valence-electron chi connectivity index (χ0n) is 14.4. The Kier molecular flexibility index (Phi) is 4.23. The summed E-state index contributed by atoms with van der Waals surface area (Å²) in [6.45, 7) is 1.92. The van der Waals surface area contributed by atoms with E-state index in [4.69, 9.17) is 0 Å². The Labute approximate surface area is 152 Å². The SMILES string of the molecule is Cc1ccc2ccc([C@@H](Nc3ccccn3)c3ccccc3)c(O)c2n1. The Morgan fingerprint density at radius 2 is 1.65 bits per heavy atom. The predicted molar refractivity (Wildman–Crippen MR) is 104 cm³/mol. The van der Waals surface area contributed by atoms with Crippen molar-refractivity contribution >= 4 is 16.7 Å². The van der Waals surface area contributed by atoms with Crippen LogP contribution in [0.15, 0.2) is 79.0 Å². The normalized spacial score (nSPS) is 12.0. The van der Waals surface area contributed by atoms with Crippen molar-refractivity contribution < 1.29 is 5.11 Å². The fourth-order valence-corrected chi connectivity index (χ4v) is 3.10. The van der Waals surface area contributed by atoms with E-state index in [-0.39, 0.29) is 11.8 Å². The number of benzene rings is 2. The second-order valence-corrected chi connectivity index (χ2v) is 6.23. The topological polar surface area (TPSA) is 58.0 Å². The van der Waals surface area contributed by atoms with E-state index in [1.165, 1.54) is 0 Å². The number of pyridine rings is 2. The highest BCUT2D eigenvalue weighted by atomic mass is 16.3. The molecular weight excluding hydrogens is 322 g/mol. The van der Waals surface area contributed by atoms with Crippen molar-refractivity contribution in [2.75, 3.05) is 5.32 Å². The highest BCUT2D eigenvalue weighted by molar-refractivity contribution is 5.86. The Hall–Kier alpha value is -3.40. The van der Waals surface area contributed by atoms with Crippen LogP contribution in [0.2, 0.25) is 0 Å². The Morgan fingerprint density at radius 1 is 0.885 bits per heavy atom. The van der Waals surface area contributed by atoms with Crippen LogP contribution in [-0.2, 0) is 0 Å². The number of rotatable bonds is 4. The summed E-state index contributed by atoms with van der Waals surface area (Å²) in [4.78, 5) is 8.89. The molecule has 128 valence electrons. The van der Waals surface area contributed by atoms with Gasteiger partial charge in [-0.05, 0) is 30.7 Å². The van der Waals surface area contributed by atoms with Gasteiger partial charge >= 0.3 is 0 Å². The fourth-order valence-electron chi connectivity index (χ4n) is 3.10. The maximum atomic E-state index is 11.0. The molecule has 0 radical (unpaired) electrons. The van der Waals surface area contributed by atoms with Gasteiger partial charge < -0.3 is 10.4 Å². The minimum atomic E-state index is -0.238. The lowest BCUT2D eigenvalue weighted by Crippen LogP contribution is -2.13. The molecular formula is C22H19N3O. The first-order valence-corrected chi connectivity index (χ1v) is 8.54. The number of nitrogens with one attached hydrogen (secondary N) is 1.